The third-order valence-corrected chi connectivity index (χ3v) is 5.34. The van der Waals surface area contributed by atoms with Crippen LogP contribution in [0.5, 0.6) is 5.75 Å². The third kappa shape index (κ3) is 4.31. The lowest BCUT2D eigenvalue weighted by Gasteiger charge is -2.33. The summed E-state index contributed by atoms with van der Waals surface area (Å²) >= 11 is 3.33. The van der Waals surface area contributed by atoms with Gasteiger partial charge in [-0.3, -0.25) is 0 Å². The zero-order chi connectivity index (χ0) is 20.4. The molecule has 1 aromatic carbocycles. The number of rotatable bonds is 5. The normalized spacial score (nSPS) is 15.8. The fraction of sp³-hybridized carbons (Fsp3) is 0.421. The Balaban J connectivity index is 1.44. The van der Waals surface area contributed by atoms with Gasteiger partial charge in [-0.15, -0.1) is 15.3 Å². The van der Waals surface area contributed by atoms with Gasteiger partial charge in [0.15, 0.2) is 5.65 Å². The van der Waals surface area contributed by atoms with Crippen molar-refractivity contribution >= 4 is 27.4 Å². The summed E-state index contributed by atoms with van der Waals surface area (Å²) in [6.07, 6.45) is -2.80. The Morgan fingerprint density at radius 2 is 1.76 bits per heavy atom. The van der Waals surface area contributed by atoms with Gasteiger partial charge in [0.25, 0.3) is 5.82 Å². The van der Waals surface area contributed by atoms with Gasteiger partial charge in [0.05, 0.1) is 6.61 Å². The molecule has 6 nitrogen and oxygen atoms in total. The van der Waals surface area contributed by atoms with Gasteiger partial charge in [-0.1, -0.05) is 28.1 Å². The number of alkyl halides is 4. The van der Waals surface area contributed by atoms with E-state index in [1.807, 2.05) is 17.0 Å². The van der Waals surface area contributed by atoms with Crippen LogP contribution in [0.2, 0.25) is 0 Å². The van der Waals surface area contributed by atoms with E-state index < -0.39 is 12.0 Å². The van der Waals surface area contributed by atoms with Crippen LogP contribution in [0.1, 0.15) is 30.1 Å². The molecule has 0 bridgehead atoms. The highest BCUT2D eigenvalue weighted by molar-refractivity contribution is 9.09. The topological polar surface area (TPSA) is 55.5 Å². The van der Waals surface area contributed by atoms with Gasteiger partial charge < -0.3 is 9.64 Å². The molecule has 0 radical (unpaired) electrons. The second kappa shape index (κ2) is 8.17. The minimum absolute atomic E-state index is 0.0816. The van der Waals surface area contributed by atoms with Crippen molar-refractivity contribution in [1.29, 1.82) is 0 Å². The quantitative estimate of drug-likeness (QED) is 0.521. The molecule has 1 aliphatic heterocycles. The summed E-state index contributed by atoms with van der Waals surface area (Å²) in [5, 5.41) is 11.7. The second-order valence-corrected chi connectivity index (χ2v) is 7.64. The molecular formula is C19H19BrF3N5O. The average molecular weight is 470 g/mol. The first-order valence-corrected chi connectivity index (χ1v) is 10.4. The van der Waals surface area contributed by atoms with Crippen molar-refractivity contribution in [1.82, 2.24) is 19.8 Å². The molecule has 0 unspecified atom stereocenters. The van der Waals surface area contributed by atoms with Crippen molar-refractivity contribution < 1.29 is 17.9 Å². The Kier molecular flexibility index (Phi) is 5.62. The highest BCUT2D eigenvalue weighted by Gasteiger charge is 2.38. The number of nitrogens with zero attached hydrogens (tertiary/aromatic N) is 5. The lowest BCUT2D eigenvalue weighted by Crippen LogP contribution is -2.34. The van der Waals surface area contributed by atoms with Crippen molar-refractivity contribution in [2.75, 3.05) is 29.9 Å². The molecule has 1 saturated heterocycles. The van der Waals surface area contributed by atoms with Crippen molar-refractivity contribution in [3.8, 4) is 5.75 Å². The summed E-state index contributed by atoms with van der Waals surface area (Å²) < 4.78 is 45.6. The summed E-state index contributed by atoms with van der Waals surface area (Å²) in [6.45, 7) is 2.06. The van der Waals surface area contributed by atoms with Gasteiger partial charge in [-0.2, -0.15) is 17.7 Å². The molecule has 0 N–H and O–H groups in total. The summed E-state index contributed by atoms with van der Waals surface area (Å²) in [7, 11) is 0. The number of aromatic nitrogens is 4. The smallest absolute Gasteiger partial charge is 0.453 e. The fourth-order valence-corrected chi connectivity index (χ4v) is 3.72. The van der Waals surface area contributed by atoms with Crippen molar-refractivity contribution in [3.63, 3.8) is 0 Å². The van der Waals surface area contributed by atoms with Gasteiger partial charge in [0.1, 0.15) is 11.6 Å². The molecule has 0 spiro atoms. The molecule has 10 heteroatoms. The van der Waals surface area contributed by atoms with Crippen LogP contribution in [0.3, 0.4) is 0 Å². The number of halogens is 4. The maximum absolute atomic E-state index is 13.1. The van der Waals surface area contributed by atoms with E-state index in [0.29, 0.717) is 31.4 Å². The number of anilines is 1. The first-order chi connectivity index (χ1) is 14.0. The number of benzene rings is 1. The Hall–Kier alpha value is -2.36. The Bertz CT molecular complexity index is 968. The second-order valence-electron chi connectivity index (χ2n) is 6.85. The predicted octanol–water partition coefficient (Wildman–Crippen LogP) is 4.30. The lowest BCUT2D eigenvalue weighted by atomic mass is 9.89. The maximum atomic E-state index is 13.1. The number of piperidine rings is 1. The maximum Gasteiger partial charge on any atom is 0.453 e. The van der Waals surface area contributed by atoms with Crippen LogP contribution in [0, 0.1) is 0 Å². The molecule has 4 rings (SSSR count). The molecule has 0 saturated carbocycles. The molecule has 0 amide bonds. The predicted molar refractivity (Wildman–Crippen MR) is 106 cm³/mol. The molecular weight excluding hydrogens is 451 g/mol. The highest BCUT2D eigenvalue weighted by atomic mass is 79.9. The molecule has 1 fully saturated rings. The molecule has 0 aliphatic carbocycles. The van der Waals surface area contributed by atoms with Crippen LogP contribution < -0.4 is 9.64 Å². The number of fused-ring (bicyclic) bond motifs is 1. The molecule has 1 aliphatic rings. The van der Waals surface area contributed by atoms with Crippen LogP contribution in [0.15, 0.2) is 36.4 Å². The summed E-state index contributed by atoms with van der Waals surface area (Å²) in [5.74, 6) is 0.643. The van der Waals surface area contributed by atoms with Gasteiger partial charge in [-0.05, 0) is 48.6 Å². The largest absolute Gasteiger partial charge is 0.493 e. The van der Waals surface area contributed by atoms with Crippen molar-refractivity contribution in [2.24, 2.45) is 0 Å². The van der Waals surface area contributed by atoms with Gasteiger partial charge in [-0.25, -0.2) is 0 Å². The van der Waals surface area contributed by atoms with E-state index in [1.165, 1.54) is 11.6 Å². The molecule has 3 heterocycles. The molecule has 0 atom stereocenters. The summed E-state index contributed by atoms with van der Waals surface area (Å²) in [5.41, 5.74) is 1.33. The minimum atomic E-state index is -4.59. The minimum Gasteiger partial charge on any atom is -0.493 e. The standard InChI is InChI=1S/C19H19BrF3N5O/c20-9-12-29-15-3-1-13(2-4-15)14-7-10-27(11-8-14)17-6-5-16-24-25-18(19(21,22)23)28(16)26-17/h1-6,14H,7-12H2. The van der Waals surface area contributed by atoms with Crippen LogP contribution in [-0.2, 0) is 6.18 Å². The van der Waals surface area contributed by atoms with E-state index in [0.717, 1.165) is 28.4 Å². The fourth-order valence-electron chi connectivity index (χ4n) is 3.56. The van der Waals surface area contributed by atoms with E-state index in [2.05, 4.69) is 43.4 Å². The zero-order valence-electron chi connectivity index (χ0n) is 15.4. The van der Waals surface area contributed by atoms with Crippen LogP contribution in [0.4, 0.5) is 19.0 Å². The molecule has 154 valence electrons. The van der Waals surface area contributed by atoms with Crippen molar-refractivity contribution in [2.45, 2.75) is 24.9 Å². The van der Waals surface area contributed by atoms with E-state index in [4.69, 9.17) is 4.74 Å². The number of ether oxygens (including phenoxy) is 1. The SMILES string of the molecule is FC(F)(F)c1nnc2ccc(N3CCC(c4ccc(OCCBr)cc4)CC3)nn12. The first kappa shape index (κ1) is 19.9. The average Bonchev–Trinajstić information content (AvgIpc) is 3.16. The van der Waals surface area contributed by atoms with E-state index in [-0.39, 0.29) is 5.65 Å². The van der Waals surface area contributed by atoms with Crippen LogP contribution in [-0.4, -0.2) is 44.8 Å². The Morgan fingerprint density at radius 1 is 1.03 bits per heavy atom. The lowest BCUT2D eigenvalue weighted by molar-refractivity contribution is -0.146. The van der Waals surface area contributed by atoms with Crippen LogP contribution >= 0.6 is 15.9 Å². The van der Waals surface area contributed by atoms with E-state index >= 15 is 0 Å². The Morgan fingerprint density at radius 3 is 2.41 bits per heavy atom. The summed E-state index contributed by atoms with van der Waals surface area (Å²) in [6, 6.07) is 11.3. The van der Waals surface area contributed by atoms with Gasteiger partial charge >= 0.3 is 6.18 Å². The van der Waals surface area contributed by atoms with Crippen molar-refractivity contribution in [3.05, 3.63) is 47.8 Å². The Labute approximate surface area is 173 Å². The first-order valence-electron chi connectivity index (χ1n) is 9.29. The van der Waals surface area contributed by atoms with E-state index in [1.54, 1.807) is 6.07 Å². The number of hydrogen-bond acceptors (Lipinski definition) is 5. The van der Waals surface area contributed by atoms with Crippen LogP contribution in [0.25, 0.3) is 5.65 Å². The molecule has 29 heavy (non-hydrogen) atoms. The number of hydrogen-bond donors (Lipinski definition) is 0. The third-order valence-electron chi connectivity index (χ3n) is 5.02. The highest BCUT2D eigenvalue weighted by Crippen LogP contribution is 2.32. The summed E-state index contributed by atoms with van der Waals surface area (Å²) in [4.78, 5) is 2.00. The monoisotopic (exact) mass is 469 g/mol. The zero-order valence-corrected chi connectivity index (χ0v) is 17.0. The molecule has 2 aromatic heterocycles. The van der Waals surface area contributed by atoms with Gasteiger partial charge in [0.2, 0.25) is 0 Å². The van der Waals surface area contributed by atoms with Gasteiger partial charge in [0, 0.05) is 18.4 Å². The van der Waals surface area contributed by atoms with E-state index in [9.17, 15) is 13.2 Å². The molecule has 3 aromatic rings.